The van der Waals surface area contributed by atoms with Crippen molar-refractivity contribution in [2.24, 2.45) is 0 Å². The van der Waals surface area contributed by atoms with Gasteiger partial charge in [0.1, 0.15) is 11.2 Å². The quantitative estimate of drug-likeness (QED) is 0.186. The average molecular weight is 651 g/mol. The van der Waals surface area contributed by atoms with Crippen LogP contribution in [0.25, 0.3) is 99.2 Å². The van der Waals surface area contributed by atoms with Gasteiger partial charge in [-0.15, -0.1) is 0 Å². The number of hydrogen-bond donors (Lipinski definition) is 0. The van der Waals surface area contributed by atoms with Crippen LogP contribution < -0.4 is 0 Å². The van der Waals surface area contributed by atoms with E-state index in [0.29, 0.717) is 0 Å². The zero-order valence-corrected chi connectivity index (χ0v) is 27.6. The van der Waals surface area contributed by atoms with Crippen LogP contribution in [0.15, 0.2) is 186 Å². The molecule has 0 bridgehead atoms. The number of hydrogen-bond acceptors (Lipinski definition) is 1. The van der Waals surface area contributed by atoms with Crippen LogP contribution in [0.1, 0.15) is 0 Å². The predicted octanol–water partition coefficient (Wildman–Crippen LogP) is 13.1. The molecule has 238 valence electrons. The molecule has 0 fully saturated rings. The van der Waals surface area contributed by atoms with E-state index < -0.39 is 0 Å². The molecule has 0 unspecified atom stereocenters. The van der Waals surface area contributed by atoms with E-state index in [2.05, 4.69) is 185 Å². The number of aromatic nitrogens is 2. The minimum atomic E-state index is 0.897. The van der Waals surface area contributed by atoms with E-state index in [1.807, 2.05) is 6.07 Å². The van der Waals surface area contributed by atoms with Crippen LogP contribution in [0.2, 0.25) is 0 Å². The van der Waals surface area contributed by atoms with Crippen LogP contribution in [-0.4, -0.2) is 9.13 Å². The van der Waals surface area contributed by atoms with Gasteiger partial charge >= 0.3 is 0 Å². The van der Waals surface area contributed by atoms with Gasteiger partial charge < -0.3 is 13.6 Å². The lowest BCUT2D eigenvalue weighted by molar-refractivity contribution is 0.670. The Labute approximate surface area is 293 Å². The molecular weight excluding hydrogens is 621 g/mol. The van der Waals surface area contributed by atoms with Crippen molar-refractivity contribution in [1.82, 2.24) is 9.13 Å². The summed E-state index contributed by atoms with van der Waals surface area (Å²) in [7, 11) is 0. The van der Waals surface area contributed by atoms with Crippen molar-refractivity contribution in [2.75, 3.05) is 0 Å². The van der Waals surface area contributed by atoms with Crippen molar-refractivity contribution in [3.8, 4) is 33.6 Å². The molecule has 0 radical (unpaired) electrons. The molecule has 0 aliphatic rings. The molecule has 11 rings (SSSR count). The van der Waals surface area contributed by atoms with Crippen molar-refractivity contribution in [2.45, 2.75) is 0 Å². The van der Waals surface area contributed by atoms with Crippen molar-refractivity contribution in [1.29, 1.82) is 0 Å². The second-order valence-electron chi connectivity index (χ2n) is 13.2. The second kappa shape index (κ2) is 10.8. The summed E-state index contributed by atoms with van der Waals surface area (Å²) in [4.78, 5) is 0. The van der Waals surface area contributed by atoms with E-state index in [4.69, 9.17) is 4.42 Å². The molecule has 0 amide bonds. The van der Waals surface area contributed by atoms with Gasteiger partial charge in [-0.1, -0.05) is 133 Å². The predicted molar refractivity (Wildman–Crippen MR) is 213 cm³/mol. The molecule has 0 N–H and O–H groups in total. The molecule has 0 spiro atoms. The number of fused-ring (bicyclic) bond motifs is 9. The summed E-state index contributed by atoms with van der Waals surface area (Å²) in [5.41, 5.74) is 13.4. The van der Waals surface area contributed by atoms with E-state index in [-0.39, 0.29) is 0 Å². The Balaban J connectivity index is 1.37. The molecule has 0 atom stereocenters. The zero-order valence-electron chi connectivity index (χ0n) is 27.6. The zero-order chi connectivity index (χ0) is 33.5. The Morgan fingerprint density at radius 1 is 0.333 bits per heavy atom. The highest BCUT2D eigenvalue weighted by Gasteiger charge is 2.25. The fourth-order valence-corrected chi connectivity index (χ4v) is 8.44. The summed E-state index contributed by atoms with van der Waals surface area (Å²) in [5, 5.41) is 7.14. The van der Waals surface area contributed by atoms with Crippen LogP contribution in [0.4, 0.5) is 0 Å². The number of rotatable bonds is 4. The van der Waals surface area contributed by atoms with Crippen LogP contribution in [0.5, 0.6) is 0 Å². The number of benzene rings is 8. The van der Waals surface area contributed by atoms with Gasteiger partial charge in [0, 0.05) is 54.8 Å². The first-order valence-corrected chi connectivity index (χ1v) is 17.5. The smallest absolute Gasteiger partial charge is 0.143 e. The maximum Gasteiger partial charge on any atom is 0.143 e. The number of nitrogens with zero attached hydrogens (tertiary/aromatic N) is 2. The summed E-state index contributed by atoms with van der Waals surface area (Å²) in [6.07, 6.45) is 0. The Morgan fingerprint density at radius 3 is 1.69 bits per heavy atom. The summed E-state index contributed by atoms with van der Waals surface area (Å²) in [5.74, 6) is 0. The molecule has 0 saturated heterocycles. The van der Waals surface area contributed by atoms with E-state index in [1.165, 1.54) is 54.7 Å². The van der Waals surface area contributed by atoms with Gasteiger partial charge in [-0.05, 0) is 59.7 Å². The SMILES string of the molecule is c1ccc(-n2c3ccccc3c3c(-c4c(-c5cccc6c5oc5ccccc56)ccc5c6ccccc6n(-c6ccccc6)c45)cccc32)cc1. The van der Waals surface area contributed by atoms with Crippen LogP contribution >= 0.6 is 0 Å². The number of para-hydroxylation sites is 6. The Hall–Kier alpha value is -6.84. The lowest BCUT2D eigenvalue weighted by Crippen LogP contribution is -1.97. The maximum atomic E-state index is 6.72. The molecular formula is C48H30N2O. The van der Waals surface area contributed by atoms with E-state index in [0.717, 1.165) is 44.4 Å². The highest BCUT2D eigenvalue weighted by atomic mass is 16.3. The highest BCUT2D eigenvalue weighted by Crippen LogP contribution is 2.49. The summed E-state index contributed by atoms with van der Waals surface area (Å²) < 4.78 is 11.6. The minimum Gasteiger partial charge on any atom is -0.455 e. The van der Waals surface area contributed by atoms with Gasteiger partial charge in [-0.25, -0.2) is 0 Å². The number of furan rings is 1. The van der Waals surface area contributed by atoms with Crippen LogP contribution in [-0.2, 0) is 0 Å². The first kappa shape index (κ1) is 28.0. The van der Waals surface area contributed by atoms with Gasteiger partial charge in [-0.3, -0.25) is 0 Å². The normalized spacial score (nSPS) is 11.9. The van der Waals surface area contributed by atoms with Gasteiger partial charge in [0.25, 0.3) is 0 Å². The molecule has 0 aliphatic heterocycles. The largest absolute Gasteiger partial charge is 0.455 e. The van der Waals surface area contributed by atoms with Crippen LogP contribution in [0, 0.1) is 0 Å². The van der Waals surface area contributed by atoms with Crippen molar-refractivity contribution in [3.63, 3.8) is 0 Å². The first-order chi connectivity index (χ1) is 25.3. The summed E-state index contributed by atoms with van der Waals surface area (Å²) in [6.45, 7) is 0. The Bertz CT molecular complexity index is 3130. The molecule has 0 saturated carbocycles. The van der Waals surface area contributed by atoms with Crippen molar-refractivity contribution in [3.05, 3.63) is 182 Å². The fraction of sp³-hybridized carbons (Fsp3) is 0. The topological polar surface area (TPSA) is 23.0 Å². The fourth-order valence-electron chi connectivity index (χ4n) is 8.44. The molecule has 51 heavy (non-hydrogen) atoms. The third-order valence-electron chi connectivity index (χ3n) is 10.5. The van der Waals surface area contributed by atoms with Crippen molar-refractivity contribution < 1.29 is 4.42 Å². The van der Waals surface area contributed by atoms with Gasteiger partial charge in [-0.2, -0.15) is 0 Å². The summed E-state index contributed by atoms with van der Waals surface area (Å²) >= 11 is 0. The molecule has 0 aliphatic carbocycles. The molecule has 3 heterocycles. The third-order valence-corrected chi connectivity index (χ3v) is 10.5. The summed E-state index contributed by atoms with van der Waals surface area (Å²) in [6, 6.07) is 65.4. The molecule has 11 aromatic rings. The van der Waals surface area contributed by atoms with Gasteiger partial charge in [0.05, 0.1) is 22.1 Å². The maximum absolute atomic E-state index is 6.72. The van der Waals surface area contributed by atoms with Gasteiger partial charge in [0.15, 0.2) is 0 Å². The molecule has 3 aromatic heterocycles. The lowest BCUT2D eigenvalue weighted by Gasteiger charge is -2.17. The Kier molecular flexibility index (Phi) is 5.96. The minimum absolute atomic E-state index is 0.897. The second-order valence-corrected chi connectivity index (χ2v) is 13.2. The van der Waals surface area contributed by atoms with Gasteiger partial charge in [0.2, 0.25) is 0 Å². The van der Waals surface area contributed by atoms with E-state index in [1.54, 1.807) is 0 Å². The van der Waals surface area contributed by atoms with E-state index in [9.17, 15) is 0 Å². The van der Waals surface area contributed by atoms with Crippen molar-refractivity contribution >= 4 is 65.6 Å². The molecule has 3 nitrogen and oxygen atoms in total. The Morgan fingerprint density at radius 2 is 0.902 bits per heavy atom. The van der Waals surface area contributed by atoms with E-state index >= 15 is 0 Å². The first-order valence-electron chi connectivity index (χ1n) is 17.5. The average Bonchev–Trinajstić information content (AvgIpc) is 3.86. The highest BCUT2D eigenvalue weighted by molar-refractivity contribution is 6.24. The lowest BCUT2D eigenvalue weighted by atomic mass is 9.89. The van der Waals surface area contributed by atoms with Crippen LogP contribution in [0.3, 0.4) is 0 Å². The third kappa shape index (κ3) is 4.00. The monoisotopic (exact) mass is 650 g/mol. The molecule has 8 aromatic carbocycles. The molecule has 3 heteroatoms. The standard InChI is InChI=1S/C48H30N2O/c1-3-15-31(16-4-1)49-42-26-11-8-21-39(42)45-40(24-14-27-43(45)49)46-35(38-23-13-22-37-34-20-9-12-28-44(34)51-48(37)38)29-30-36-33-19-7-10-25-41(33)50(47(36)46)32-17-5-2-6-18-32/h1-30H.